The van der Waals surface area contributed by atoms with Crippen molar-refractivity contribution in [3.05, 3.63) is 17.4 Å². The monoisotopic (exact) mass is 186 g/mol. The van der Waals surface area contributed by atoms with Gasteiger partial charge in [0.1, 0.15) is 0 Å². The summed E-state index contributed by atoms with van der Waals surface area (Å²) in [5.74, 6) is 0.216. The van der Waals surface area contributed by atoms with Gasteiger partial charge in [0.2, 0.25) is 0 Å². The molecule has 5 heteroatoms. The Labute approximate surface area is 75.8 Å². The molecule has 1 aromatic rings. The molecular weight excluding hydrogens is 176 g/mol. The average Bonchev–Trinajstić information content (AvgIpc) is 2.35. The number of halogens is 1. The molecular formula is C7H11ClN4. The van der Waals surface area contributed by atoms with Crippen LogP contribution in [0.4, 0.5) is 0 Å². The third-order valence-electron chi connectivity index (χ3n) is 1.44. The van der Waals surface area contributed by atoms with Gasteiger partial charge in [-0.3, -0.25) is 10.1 Å². The summed E-state index contributed by atoms with van der Waals surface area (Å²) in [5, 5.41) is 11.6. The maximum absolute atomic E-state index is 6.99. The lowest BCUT2D eigenvalue weighted by atomic mass is 10.3. The molecule has 4 nitrogen and oxygen atoms in total. The van der Waals surface area contributed by atoms with Gasteiger partial charge in [-0.25, -0.2) is 0 Å². The zero-order valence-electron chi connectivity index (χ0n) is 6.63. The summed E-state index contributed by atoms with van der Waals surface area (Å²) in [4.78, 5) is 0. The fraction of sp³-hybridized carbons (Fsp3) is 0.429. The van der Waals surface area contributed by atoms with Crippen LogP contribution < -0.4 is 5.73 Å². The van der Waals surface area contributed by atoms with Crippen molar-refractivity contribution >= 4 is 17.4 Å². The molecule has 0 atom stereocenters. The van der Waals surface area contributed by atoms with Crippen LogP contribution in [0.25, 0.3) is 0 Å². The molecule has 0 saturated heterocycles. The number of hydrogen-bond donors (Lipinski definition) is 2. The number of nitrogens with zero attached hydrogens (tertiary/aromatic N) is 2. The van der Waals surface area contributed by atoms with Gasteiger partial charge in [-0.2, -0.15) is 5.10 Å². The Hall–Kier alpha value is -1.03. The van der Waals surface area contributed by atoms with Gasteiger partial charge < -0.3 is 5.73 Å². The molecule has 0 aliphatic rings. The number of nitrogens with two attached hydrogens (primary N) is 1. The van der Waals surface area contributed by atoms with E-state index in [1.54, 1.807) is 17.1 Å². The zero-order chi connectivity index (χ0) is 8.97. The van der Waals surface area contributed by atoms with E-state index >= 15 is 0 Å². The van der Waals surface area contributed by atoms with Crippen LogP contribution in [-0.4, -0.2) is 15.6 Å². The standard InChI is InChI=1S/C7H11ClN4/c8-6-4-11-12(5-6)3-1-2-7(9)10/h4-5H,1-3H2,(H3,9,10). The van der Waals surface area contributed by atoms with E-state index in [0.29, 0.717) is 11.4 Å². The van der Waals surface area contributed by atoms with Gasteiger partial charge in [0.25, 0.3) is 0 Å². The normalized spacial score (nSPS) is 10.1. The maximum Gasteiger partial charge on any atom is 0.0905 e. The van der Waals surface area contributed by atoms with E-state index in [1.165, 1.54) is 0 Å². The van der Waals surface area contributed by atoms with Crippen LogP contribution in [0.3, 0.4) is 0 Å². The Kier molecular flexibility index (Phi) is 3.10. The van der Waals surface area contributed by atoms with Crippen LogP contribution >= 0.6 is 11.6 Å². The molecule has 0 unspecified atom stereocenters. The fourth-order valence-electron chi connectivity index (χ4n) is 0.892. The first-order valence-electron chi connectivity index (χ1n) is 3.69. The van der Waals surface area contributed by atoms with Gasteiger partial charge in [0.05, 0.1) is 17.1 Å². The zero-order valence-corrected chi connectivity index (χ0v) is 7.38. The van der Waals surface area contributed by atoms with Crippen LogP contribution in [0.1, 0.15) is 12.8 Å². The third kappa shape index (κ3) is 2.92. The molecule has 12 heavy (non-hydrogen) atoms. The highest BCUT2D eigenvalue weighted by molar-refractivity contribution is 6.30. The molecule has 0 amide bonds. The second kappa shape index (κ2) is 4.11. The summed E-state index contributed by atoms with van der Waals surface area (Å²) >= 11 is 5.65. The molecule has 0 bridgehead atoms. The van der Waals surface area contributed by atoms with Crippen LogP contribution in [0.15, 0.2) is 12.4 Å². The van der Waals surface area contributed by atoms with Crippen molar-refractivity contribution in [2.24, 2.45) is 5.73 Å². The van der Waals surface area contributed by atoms with Gasteiger partial charge in [0, 0.05) is 19.2 Å². The Morgan fingerprint density at radius 2 is 2.50 bits per heavy atom. The predicted molar refractivity (Wildman–Crippen MR) is 48.4 cm³/mol. The molecule has 3 N–H and O–H groups in total. The number of amidine groups is 1. The van der Waals surface area contributed by atoms with E-state index < -0.39 is 0 Å². The van der Waals surface area contributed by atoms with E-state index in [2.05, 4.69) is 5.10 Å². The number of rotatable bonds is 4. The molecule has 0 saturated carbocycles. The second-order valence-electron chi connectivity index (χ2n) is 2.55. The summed E-state index contributed by atoms with van der Waals surface area (Å²) in [6.07, 6.45) is 4.78. The average molecular weight is 187 g/mol. The predicted octanol–water partition coefficient (Wildman–Crippen LogP) is 1.25. The summed E-state index contributed by atoms with van der Waals surface area (Å²) < 4.78 is 1.74. The highest BCUT2D eigenvalue weighted by atomic mass is 35.5. The van der Waals surface area contributed by atoms with E-state index in [1.807, 2.05) is 0 Å². The molecule has 1 heterocycles. The molecule has 0 spiro atoms. The minimum absolute atomic E-state index is 0.216. The first kappa shape index (κ1) is 9.06. The number of aryl methyl sites for hydroxylation is 1. The van der Waals surface area contributed by atoms with Gasteiger partial charge in [-0.15, -0.1) is 0 Å². The molecule has 0 aliphatic carbocycles. The van der Waals surface area contributed by atoms with Gasteiger partial charge >= 0.3 is 0 Å². The Bertz CT molecular complexity index is 268. The Balaban J connectivity index is 2.29. The van der Waals surface area contributed by atoms with Crippen LogP contribution in [0.5, 0.6) is 0 Å². The molecule has 1 rings (SSSR count). The Morgan fingerprint density at radius 3 is 3.00 bits per heavy atom. The van der Waals surface area contributed by atoms with E-state index in [9.17, 15) is 0 Å². The highest BCUT2D eigenvalue weighted by Crippen LogP contribution is 2.05. The SMILES string of the molecule is N=C(N)CCCn1cc(Cl)cn1. The van der Waals surface area contributed by atoms with Crippen molar-refractivity contribution in [3.8, 4) is 0 Å². The van der Waals surface area contributed by atoms with Gasteiger partial charge in [-0.1, -0.05) is 11.6 Å². The smallest absolute Gasteiger partial charge is 0.0905 e. The van der Waals surface area contributed by atoms with Crippen molar-refractivity contribution in [2.75, 3.05) is 0 Å². The number of nitrogens with one attached hydrogen (secondary N) is 1. The lowest BCUT2D eigenvalue weighted by Gasteiger charge is -1.99. The minimum Gasteiger partial charge on any atom is -0.388 e. The van der Waals surface area contributed by atoms with Crippen molar-refractivity contribution in [1.82, 2.24) is 9.78 Å². The first-order valence-corrected chi connectivity index (χ1v) is 4.07. The van der Waals surface area contributed by atoms with Gasteiger partial charge in [0.15, 0.2) is 0 Å². The summed E-state index contributed by atoms with van der Waals surface area (Å²) in [6, 6.07) is 0. The molecule has 1 aromatic heterocycles. The second-order valence-corrected chi connectivity index (χ2v) is 2.99. The quantitative estimate of drug-likeness (QED) is 0.549. The topological polar surface area (TPSA) is 67.7 Å². The lowest BCUT2D eigenvalue weighted by Crippen LogP contribution is -2.10. The highest BCUT2D eigenvalue weighted by Gasteiger charge is 1.95. The van der Waals surface area contributed by atoms with Crippen molar-refractivity contribution in [3.63, 3.8) is 0 Å². The summed E-state index contributed by atoms with van der Waals surface area (Å²) in [5.41, 5.74) is 5.19. The fourth-order valence-corrected chi connectivity index (χ4v) is 1.05. The summed E-state index contributed by atoms with van der Waals surface area (Å²) in [7, 11) is 0. The van der Waals surface area contributed by atoms with Crippen molar-refractivity contribution in [1.29, 1.82) is 5.41 Å². The number of aromatic nitrogens is 2. The minimum atomic E-state index is 0.216. The van der Waals surface area contributed by atoms with Crippen molar-refractivity contribution in [2.45, 2.75) is 19.4 Å². The maximum atomic E-state index is 6.99. The van der Waals surface area contributed by atoms with Crippen LogP contribution in [0, 0.1) is 5.41 Å². The van der Waals surface area contributed by atoms with Crippen molar-refractivity contribution < 1.29 is 0 Å². The largest absolute Gasteiger partial charge is 0.388 e. The first-order chi connectivity index (χ1) is 5.68. The molecule has 0 aromatic carbocycles. The van der Waals surface area contributed by atoms with Gasteiger partial charge in [-0.05, 0) is 6.42 Å². The summed E-state index contributed by atoms with van der Waals surface area (Å²) in [6.45, 7) is 0.756. The molecule has 66 valence electrons. The molecule has 0 aliphatic heterocycles. The van der Waals surface area contributed by atoms with Crippen LogP contribution in [-0.2, 0) is 6.54 Å². The molecule has 0 fully saturated rings. The van der Waals surface area contributed by atoms with Crippen LogP contribution in [0.2, 0.25) is 5.02 Å². The van der Waals surface area contributed by atoms with E-state index in [0.717, 1.165) is 13.0 Å². The third-order valence-corrected chi connectivity index (χ3v) is 1.63. The van der Waals surface area contributed by atoms with E-state index in [-0.39, 0.29) is 5.84 Å². The Morgan fingerprint density at radius 1 is 1.75 bits per heavy atom. The molecule has 0 radical (unpaired) electrons. The van der Waals surface area contributed by atoms with E-state index in [4.69, 9.17) is 22.7 Å². The lowest BCUT2D eigenvalue weighted by molar-refractivity contribution is 0.588. The number of hydrogen-bond acceptors (Lipinski definition) is 2.